The molecule has 6 nitrogen and oxygen atoms in total. The Balaban J connectivity index is 1.87. The molecule has 0 bridgehead atoms. The van der Waals surface area contributed by atoms with Crippen LogP contribution in [0.5, 0.6) is 5.75 Å². The molecule has 1 heterocycles. The summed E-state index contributed by atoms with van der Waals surface area (Å²) in [7, 11) is -2.20. The van der Waals surface area contributed by atoms with Crippen molar-refractivity contribution in [3.63, 3.8) is 0 Å². The molecule has 3 rings (SSSR count). The Morgan fingerprint density at radius 1 is 1.16 bits per heavy atom. The number of hydrogen-bond acceptors (Lipinski definition) is 4. The van der Waals surface area contributed by atoms with Gasteiger partial charge in [0.25, 0.3) is 10.0 Å². The van der Waals surface area contributed by atoms with Gasteiger partial charge in [-0.1, -0.05) is 6.07 Å². The maximum atomic E-state index is 12.7. The molecule has 0 unspecified atom stereocenters. The van der Waals surface area contributed by atoms with E-state index in [1.807, 2.05) is 0 Å². The van der Waals surface area contributed by atoms with Gasteiger partial charge in [0.2, 0.25) is 5.91 Å². The summed E-state index contributed by atoms with van der Waals surface area (Å²) < 4.78 is 33.1. The zero-order valence-corrected chi connectivity index (χ0v) is 15.0. The monoisotopic (exact) mass is 360 g/mol. The molecule has 1 N–H and O–H groups in total. The number of sulfonamides is 1. The van der Waals surface area contributed by atoms with Crippen LogP contribution in [0.25, 0.3) is 0 Å². The molecule has 1 fully saturated rings. The normalized spacial score (nSPS) is 14.6. The van der Waals surface area contributed by atoms with E-state index in [4.69, 9.17) is 4.74 Å². The van der Waals surface area contributed by atoms with Crippen LogP contribution in [0.2, 0.25) is 0 Å². The van der Waals surface area contributed by atoms with E-state index in [9.17, 15) is 13.2 Å². The number of carbonyl (C=O) groups is 1. The van der Waals surface area contributed by atoms with E-state index in [0.717, 1.165) is 6.42 Å². The first-order valence-electron chi connectivity index (χ1n) is 7.98. The lowest BCUT2D eigenvalue weighted by Gasteiger charge is -2.17. The number of nitrogens with one attached hydrogen (secondary N) is 1. The van der Waals surface area contributed by atoms with Crippen molar-refractivity contribution in [3.8, 4) is 5.75 Å². The topological polar surface area (TPSA) is 75.7 Å². The van der Waals surface area contributed by atoms with Crippen LogP contribution in [0.3, 0.4) is 0 Å². The first-order chi connectivity index (χ1) is 11.9. The van der Waals surface area contributed by atoms with Gasteiger partial charge in [0.05, 0.1) is 17.7 Å². The van der Waals surface area contributed by atoms with Crippen molar-refractivity contribution in [1.82, 2.24) is 0 Å². The highest BCUT2D eigenvalue weighted by Crippen LogP contribution is 2.27. The molecule has 2 aromatic rings. The predicted octanol–water partition coefficient (Wildman–Crippen LogP) is 2.93. The highest BCUT2D eigenvalue weighted by atomic mass is 32.2. The Hall–Kier alpha value is -2.54. The molecule has 1 aliphatic rings. The first kappa shape index (κ1) is 17.3. The van der Waals surface area contributed by atoms with Gasteiger partial charge in [0, 0.05) is 18.7 Å². The van der Waals surface area contributed by atoms with E-state index in [1.54, 1.807) is 48.2 Å². The van der Waals surface area contributed by atoms with Gasteiger partial charge in [-0.25, -0.2) is 8.42 Å². The molecule has 25 heavy (non-hydrogen) atoms. The molecule has 0 atom stereocenters. The third-order valence-electron chi connectivity index (χ3n) is 4.16. The van der Waals surface area contributed by atoms with Crippen molar-refractivity contribution in [2.75, 3.05) is 23.3 Å². The van der Waals surface area contributed by atoms with E-state index in [0.29, 0.717) is 35.7 Å². The summed E-state index contributed by atoms with van der Waals surface area (Å²) in [5.41, 5.74) is 1.72. The average molecular weight is 360 g/mol. The van der Waals surface area contributed by atoms with Gasteiger partial charge >= 0.3 is 0 Å². The number of carbonyl (C=O) groups excluding carboxylic acids is 1. The molecule has 7 heteroatoms. The quantitative estimate of drug-likeness (QED) is 0.889. The first-order valence-corrected chi connectivity index (χ1v) is 9.47. The van der Waals surface area contributed by atoms with Crippen LogP contribution in [0.15, 0.2) is 47.4 Å². The zero-order valence-electron chi connectivity index (χ0n) is 14.2. The molecule has 0 saturated carbocycles. The number of nitrogens with zero attached hydrogens (tertiary/aromatic N) is 1. The van der Waals surface area contributed by atoms with Crippen LogP contribution >= 0.6 is 0 Å². The largest absolute Gasteiger partial charge is 0.497 e. The second-order valence-corrected chi connectivity index (χ2v) is 7.59. The predicted molar refractivity (Wildman–Crippen MR) is 96.6 cm³/mol. The fourth-order valence-corrected chi connectivity index (χ4v) is 4.20. The summed E-state index contributed by atoms with van der Waals surface area (Å²) in [5.74, 6) is 0.664. The molecule has 0 spiro atoms. The lowest BCUT2D eigenvalue weighted by molar-refractivity contribution is -0.117. The second kappa shape index (κ2) is 6.76. The van der Waals surface area contributed by atoms with Crippen LogP contribution in [0.4, 0.5) is 11.4 Å². The van der Waals surface area contributed by atoms with E-state index in [2.05, 4.69) is 4.72 Å². The van der Waals surface area contributed by atoms with Crippen molar-refractivity contribution >= 4 is 27.3 Å². The number of rotatable bonds is 5. The molecule has 0 aliphatic carbocycles. The number of benzene rings is 2. The molecular weight excluding hydrogens is 340 g/mol. The highest BCUT2D eigenvalue weighted by molar-refractivity contribution is 7.92. The average Bonchev–Trinajstić information content (AvgIpc) is 3.00. The van der Waals surface area contributed by atoms with Crippen molar-refractivity contribution in [1.29, 1.82) is 0 Å². The van der Waals surface area contributed by atoms with Gasteiger partial charge in [-0.15, -0.1) is 0 Å². The molecular formula is C18H20N2O4S. The lowest BCUT2D eigenvalue weighted by atomic mass is 10.2. The van der Waals surface area contributed by atoms with Crippen molar-refractivity contribution in [2.45, 2.75) is 24.7 Å². The van der Waals surface area contributed by atoms with Crippen molar-refractivity contribution < 1.29 is 17.9 Å². The minimum Gasteiger partial charge on any atom is -0.497 e. The summed E-state index contributed by atoms with van der Waals surface area (Å²) in [6.45, 7) is 2.38. The summed E-state index contributed by atoms with van der Waals surface area (Å²) in [6.07, 6.45) is 1.35. The number of ether oxygens (including phenoxy) is 1. The number of methoxy groups -OCH3 is 1. The molecule has 1 saturated heterocycles. The van der Waals surface area contributed by atoms with E-state index in [-0.39, 0.29) is 10.8 Å². The maximum absolute atomic E-state index is 12.7. The summed E-state index contributed by atoms with van der Waals surface area (Å²) in [6, 6.07) is 11.7. The number of hydrogen-bond donors (Lipinski definition) is 1. The molecule has 0 aromatic heterocycles. The third-order valence-corrected chi connectivity index (χ3v) is 5.70. The van der Waals surface area contributed by atoms with Crippen molar-refractivity contribution in [2.24, 2.45) is 0 Å². The van der Waals surface area contributed by atoms with E-state index >= 15 is 0 Å². The zero-order chi connectivity index (χ0) is 18.0. The molecule has 132 valence electrons. The molecule has 0 radical (unpaired) electrons. The van der Waals surface area contributed by atoms with Gasteiger partial charge in [-0.3, -0.25) is 9.52 Å². The fourth-order valence-electron chi connectivity index (χ4n) is 2.92. The van der Waals surface area contributed by atoms with Gasteiger partial charge in [-0.05, 0) is 55.3 Å². The number of anilines is 2. The van der Waals surface area contributed by atoms with Crippen LogP contribution in [-0.2, 0) is 14.8 Å². The SMILES string of the molecule is COc1ccc(S(=O)(=O)Nc2cccc(N3CCCC3=O)c2)c(C)c1. The van der Waals surface area contributed by atoms with Crippen LogP contribution in [0, 0.1) is 6.92 Å². The number of amides is 1. The van der Waals surface area contributed by atoms with Crippen molar-refractivity contribution in [3.05, 3.63) is 48.0 Å². The van der Waals surface area contributed by atoms with Crippen LogP contribution in [-0.4, -0.2) is 28.0 Å². The van der Waals surface area contributed by atoms with E-state index < -0.39 is 10.0 Å². The van der Waals surface area contributed by atoms with Gasteiger partial charge in [0.15, 0.2) is 0 Å². The van der Waals surface area contributed by atoms with E-state index in [1.165, 1.54) is 13.2 Å². The fraction of sp³-hybridized carbons (Fsp3) is 0.278. The third kappa shape index (κ3) is 3.61. The summed E-state index contributed by atoms with van der Waals surface area (Å²) in [5, 5.41) is 0. The Kier molecular flexibility index (Phi) is 4.67. The number of aryl methyl sites for hydroxylation is 1. The summed E-state index contributed by atoms with van der Waals surface area (Å²) in [4.78, 5) is 13.7. The lowest BCUT2D eigenvalue weighted by Crippen LogP contribution is -2.23. The molecule has 1 amide bonds. The highest BCUT2D eigenvalue weighted by Gasteiger charge is 2.23. The Bertz CT molecular complexity index is 909. The van der Waals surface area contributed by atoms with Gasteiger partial charge in [-0.2, -0.15) is 0 Å². The smallest absolute Gasteiger partial charge is 0.262 e. The molecule has 1 aliphatic heterocycles. The summed E-state index contributed by atoms with van der Waals surface area (Å²) >= 11 is 0. The maximum Gasteiger partial charge on any atom is 0.262 e. The standard InChI is InChI=1S/C18H20N2O4S/c1-13-11-16(24-2)8-9-17(13)25(22,23)19-14-5-3-6-15(12-14)20-10-4-7-18(20)21/h3,5-6,8-9,11-12,19H,4,7,10H2,1-2H3. The van der Waals surface area contributed by atoms with Gasteiger partial charge in [0.1, 0.15) is 5.75 Å². The van der Waals surface area contributed by atoms with Gasteiger partial charge < -0.3 is 9.64 Å². The van der Waals surface area contributed by atoms with Crippen LogP contribution in [0.1, 0.15) is 18.4 Å². The Morgan fingerprint density at radius 3 is 2.60 bits per heavy atom. The Morgan fingerprint density at radius 2 is 1.96 bits per heavy atom. The molecule has 2 aromatic carbocycles. The minimum absolute atomic E-state index is 0.0611. The van der Waals surface area contributed by atoms with Crippen LogP contribution < -0.4 is 14.4 Å². The Labute approximate surface area is 147 Å². The second-order valence-electron chi connectivity index (χ2n) is 5.94. The minimum atomic E-state index is -3.73.